The quantitative estimate of drug-likeness (QED) is 0.786. The van der Waals surface area contributed by atoms with Crippen molar-refractivity contribution in [2.24, 2.45) is 17.8 Å². The molecule has 1 fully saturated rings. The van der Waals surface area contributed by atoms with Gasteiger partial charge in [0.05, 0.1) is 0 Å². The largest absolute Gasteiger partial charge is 0.305 e. The van der Waals surface area contributed by atoms with Crippen LogP contribution in [0.2, 0.25) is 0 Å². The van der Waals surface area contributed by atoms with Crippen LogP contribution in [0.25, 0.3) is 0 Å². The van der Waals surface area contributed by atoms with E-state index in [-0.39, 0.29) is 0 Å². The molecule has 1 heterocycles. The first-order valence-electron chi connectivity index (χ1n) is 7.31. The minimum absolute atomic E-state index is 0.339. The molecule has 18 heavy (non-hydrogen) atoms. The topological polar surface area (TPSA) is 30.5 Å². The van der Waals surface area contributed by atoms with Gasteiger partial charge in [-0.2, -0.15) is 0 Å². The van der Waals surface area contributed by atoms with Crippen molar-refractivity contribution >= 4 is 0 Å². The van der Waals surface area contributed by atoms with E-state index in [1.54, 1.807) is 0 Å². The molecule has 0 radical (unpaired) electrons. The molecule has 0 spiro atoms. The smallest absolute Gasteiger partial charge is 0.236 e. The standard InChI is InChI=1S/C15H31NO2/c1-9-12(6)13(10(2)3)15(16-11(4)5)17-14(7,8)18-15/h10-13,16H,9H2,1-8H3. The van der Waals surface area contributed by atoms with Crippen molar-refractivity contribution in [1.82, 2.24) is 5.32 Å². The third kappa shape index (κ3) is 3.25. The number of hydrogen-bond donors (Lipinski definition) is 1. The van der Waals surface area contributed by atoms with Crippen LogP contribution in [0.3, 0.4) is 0 Å². The summed E-state index contributed by atoms with van der Waals surface area (Å²) in [6, 6.07) is 0.339. The van der Waals surface area contributed by atoms with Gasteiger partial charge < -0.3 is 9.47 Å². The lowest BCUT2D eigenvalue weighted by Crippen LogP contribution is -2.73. The maximum atomic E-state index is 6.14. The molecule has 0 aromatic rings. The lowest BCUT2D eigenvalue weighted by atomic mass is 9.78. The highest BCUT2D eigenvalue weighted by atomic mass is 16.9. The Balaban J connectivity index is 2.94. The number of rotatable bonds is 6. The van der Waals surface area contributed by atoms with E-state index in [4.69, 9.17) is 9.47 Å². The molecule has 0 saturated carbocycles. The maximum absolute atomic E-state index is 6.14. The van der Waals surface area contributed by atoms with Crippen LogP contribution in [0.4, 0.5) is 0 Å². The zero-order chi connectivity index (χ0) is 14.1. The molecule has 0 aliphatic carbocycles. The Hall–Kier alpha value is -0.120. The van der Waals surface area contributed by atoms with Gasteiger partial charge in [0, 0.05) is 12.0 Å². The van der Waals surface area contributed by atoms with E-state index in [2.05, 4.69) is 46.9 Å². The van der Waals surface area contributed by atoms with Crippen LogP contribution in [0.15, 0.2) is 0 Å². The molecular formula is C15H31NO2. The average molecular weight is 257 g/mol. The summed E-state index contributed by atoms with van der Waals surface area (Å²) in [5, 5.41) is 3.50. The van der Waals surface area contributed by atoms with E-state index in [1.165, 1.54) is 0 Å². The Kier molecular flexibility index (Phi) is 4.85. The second-order valence-electron chi connectivity index (χ2n) is 6.73. The van der Waals surface area contributed by atoms with Gasteiger partial charge in [-0.05, 0) is 39.5 Å². The Labute approximate surface area is 113 Å². The molecule has 2 atom stereocenters. The second-order valence-corrected chi connectivity index (χ2v) is 6.73. The molecule has 3 nitrogen and oxygen atoms in total. The molecule has 1 rings (SSSR count). The van der Waals surface area contributed by atoms with Gasteiger partial charge >= 0.3 is 0 Å². The summed E-state index contributed by atoms with van der Waals surface area (Å²) < 4.78 is 12.3. The molecule has 3 heteroatoms. The van der Waals surface area contributed by atoms with Crippen LogP contribution in [0.5, 0.6) is 0 Å². The Morgan fingerprint density at radius 2 is 1.50 bits per heavy atom. The molecule has 0 amide bonds. The predicted molar refractivity (Wildman–Crippen MR) is 75.0 cm³/mol. The van der Waals surface area contributed by atoms with Crippen molar-refractivity contribution in [3.05, 3.63) is 0 Å². The summed E-state index contributed by atoms with van der Waals surface area (Å²) in [5.74, 6) is 0.358. The maximum Gasteiger partial charge on any atom is 0.236 e. The fourth-order valence-electron chi connectivity index (χ4n) is 3.16. The third-order valence-corrected chi connectivity index (χ3v) is 3.70. The van der Waals surface area contributed by atoms with Crippen molar-refractivity contribution in [3.63, 3.8) is 0 Å². The third-order valence-electron chi connectivity index (χ3n) is 3.70. The van der Waals surface area contributed by atoms with Crippen LogP contribution >= 0.6 is 0 Å². The molecule has 1 aliphatic heterocycles. The van der Waals surface area contributed by atoms with Gasteiger partial charge in [-0.25, -0.2) is 0 Å². The van der Waals surface area contributed by atoms with E-state index in [9.17, 15) is 0 Å². The summed E-state index contributed by atoms with van der Waals surface area (Å²) in [7, 11) is 0. The minimum Gasteiger partial charge on any atom is -0.305 e. The van der Waals surface area contributed by atoms with Crippen molar-refractivity contribution in [1.29, 1.82) is 0 Å². The molecule has 0 aromatic carbocycles. The monoisotopic (exact) mass is 257 g/mol. The average Bonchev–Trinajstić information content (AvgIpc) is 2.12. The van der Waals surface area contributed by atoms with Gasteiger partial charge in [-0.3, -0.25) is 5.32 Å². The summed E-state index contributed by atoms with van der Waals surface area (Å²) in [6.45, 7) is 17.2. The zero-order valence-corrected chi connectivity index (χ0v) is 13.3. The van der Waals surface area contributed by atoms with Gasteiger partial charge in [-0.1, -0.05) is 34.1 Å². The van der Waals surface area contributed by atoms with Crippen molar-refractivity contribution in [2.45, 2.75) is 79.6 Å². The minimum atomic E-state index is -0.610. The Bertz CT molecular complexity index is 260. The number of nitrogens with one attached hydrogen (secondary N) is 1. The summed E-state index contributed by atoms with van der Waals surface area (Å²) >= 11 is 0. The predicted octanol–water partition coefficient (Wildman–Crippen LogP) is 3.74. The van der Waals surface area contributed by atoms with Crippen LogP contribution < -0.4 is 5.32 Å². The normalized spacial score (nSPS) is 25.0. The number of hydrogen-bond acceptors (Lipinski definition) is 3. The summed E-state index contributed by atoms with van der Waals surface area (Å²) in [6.07, 6.45) is 1.14. The first kappa shape index (κ1) is 15.9. The van der Waals surface area contributed by atoms with Crippen LogP contribution in [-0.4, -0.2) is 17.7 Å². The molecule has 108 valence electrons. The van der Waals surface area contributed by atoms with E-state index in [1.807, 2.05) is 13.8 Å². The van der Waals surface area contributed by atoms with Crippen LogP contribution in [0, 0.1) is 17.8 Å². The highest BCUT2D eigenvalue weighted by Crippen LogP contribution is 2.47. The van der Waals surface area contributed by atoms with E-state index >= 15 is 0 Å². The van der Waals surface area contributed by atoms with Gasteiger partial charge in [-0.15, -0.1) is 0 Å². The van der Waals surface area contributed by atoms with Crippen molar-refractivity contribution in [2.75, 3.05) is 0 Å². The van der Waals surface area contributed by atoms with Crippen LogP contribution in [0.1, 0.15) is 61.8 Å². The SMILES string of the molecule is CCC(C)C(C(C)C)C1(NC(C)C)OC(C)(C)O1. The van der Waals surface area contributed by atoms with Crippen LogP contribution in [-0.2, 0) is 9.47 Å². The highest BCUT2D eigenvalue weighted by Gasteiger charge is 2.58. The fourth-order valence-corrected chi connectivity index (χ4v) is 3.16. The van der Waals surface area contributed by atoms with E-state index in [0.29, 0.717) is 23.8 Å². The van der Waals surface area contributed by atoms with Gasteiger partial charge in [0.15, 0.2) is 5.79 Å². The molecule has 1 saturated heterocycles. The Morgan fingerprint density at radius 3 is 1.78 bits per heavy atom. The lowest BCUT2D eigenvalue weighted by Gasteiger charge is -2.58. The van der Waals surface area contributed by atoms with E-state index < -0.39 is 11.7 Å². The molecule has 1 aliphatic rings. The Morgan fingerprint density at radius 1 is 1.00 bits per heavy atom. The first-order chi connectivity index (χ1) is 8.13. The summed E-state index contributed by atoms with van der Waals surface area (Å²) in [4.78, 5) is 0. The molecule has 1 N–H and O–H groups in total. The number of ether oxygens (including phenoxy) is 2. The molecular weight excluding hydrogens is 226 g/mol. The summed E-state index contributed by atoms with van der Waals surface area (Å²) in [5.41, 5.74) is 0. The molecule has 2 unspecified atom stereocenters. The highest BCUT2D eigenvalue weighted by molar-refractivity contribution is 4.92. The van der Waals surface area contributed by atoms with E-state index in [0.717, 1.165) is 6.42 Å². The molecule has 0 bridgehead atoms. The lowest BCUT2D eigenvalue weighted by molar-refractivity contribution is -0.530. The second kappa shape index (κ2) is 5.48. The zero-order valence-electron chi connectivity index (χ0n) is 13.3. The van der Waals surface area contributed by atoms with Gasteiger partial charge in [0.1, 0.15) is 0 Å². The molecule has 0 aromatic heterocycles. The van der Waals surface area contributed by atoms with Crippen molar-refractivity contribution in [3.8, 4) is 0 Å². The first-order valence-corrected chi connectivity index (χ1v) is 7.31. The fraction of sp³-hybridized carbons (Fsp3) is 1.00. The van der Waals surface area contributed by atoms with Gasteiger partial charge in [0.25, 0.3) is 0 Å². The van der Waals surface area contributed by atoms with Crippen molar-refractivity contribution < 1.29 is 9.47 Å². The van der Waals surface area contributed by atoms with Gasteiger partial charge in [0.2, 0.25) is 5.91 Å².